The largest absolute Gasteiger partial charge is 0.508 e. The molecule has 2 aliphatic heterocycles. The number of rotatable bonds is 6. The predicted octanol–water partition coefficient (Wildman–Crippen LogP) is 1.76. The van der Waals surface area contributed by atoms with Gasteiger partial charge in [0.2, 0.25) is 5.78 Å². The van der Waals surface area contributed by atoms with Crippen LogP contribution in [0, 0.1) is 11.3 Å². The molecule has 340 valence electrons. The summed E-state index contributed by atoms with van der Waals surface area (Å²) in [4.78, 5) is 70.0. The Bertz CT molecular complexity index is 2970. The number of fused-ring (bicyclic) bond motifs is 5. The van der Waals surface area contributed by atoms with Crippen molar-refractivity contribution >= 4 is 29.3 Å². The van der Waals surface area contributed by atoms with Gasteiger partial charge in [-0.15, -0.1) is 0 Å². The maximum atomic E-state index is 14.8. The summed E-state index contributed by atoms with van der Waals surface area (Å²) in [6.07, 6.45) is -7.67. The van der Waals surface area contributed by atoms with Gasteiger partial charge in [-0.1, -0.05) is 0 Å². The Hall–Kier alpha value is -8.79. The van der Waals surface area contributed by atoms with Crippen molar-refractivity contribution in [3.8, 4) is 69.0 Å². The number of Topliss-reactive ketones (excluding diaryl/α,β-unsaturated/α-hetero) is 2. The van der Waals surface area contributed by atoms with Crippen molar-refractivity contribution in [1.82, 2.24) is 0 Å². The highest BCUT2D eigenvalue weighted by atomic mass is 16.6. The van der Waals surface area contributed by atoms with Crippen LogP contribution in [0.1, 0.15) is 31.8 Å². The van der Waals surface area contributed by atoms with Crippen LogP contribution in [0.15, 0.2) is 83.3 Å². The van der Waals surface area contributed by atoms with Crippen LogP contribution < -0.4 is 9.47 Å². The van der Waals surface area contributed by atoms with Crippen molar-refractivity contribution in [2.75, 3.05) is 0 Å². The van der Waals surface area contributed by atoms with Gasteiger partial charge in [-0.25, -0.2) is 9.59 Å². The molecule has 0 spiro atoms. The minimum absolute atomic E-state index is 0.111. The predicted molar refractivity (Wildman–Crippen MR) is 211 cm³/mol. The van der Waals surface area contributed by atoms with E-state index in [0.717, 1.165) is 24.3 Å². The van der Waals surface area contributed by atoms with Gasteiger partial charge in [-0.2, -0.15) is 0 Å². The van der Waals surface area contributed by atoms with Gasteiger partial charge in [0, 0.05) is 54.2 Å². The fraction of sp³-hybridized carbons (Fsp3) is 0.205. The SMILES string of the molecule is O=C1C(O)=CC2(C3Oc4cc(O)cc(O)c4CC3OC(=O)c3cc(O)c(O)c(O)c3)C(=C1O)C(=O)C1(O)C(=O)C=C(C3Oc4cc(O)cc(O)c4CC3OC(=O)c3cc(O)c(O)c(O)c3)C12. The summed E-state index contributed by atoms with van der Waals surface area (Å²) in [5, 5.41) is 139. The lowest BCUT2D eigenvalue weighted by atomic mass is 9.61. The van der Waals surface area contributed by atoms with E-state index < -0.39 is 181 Å². The highest BCUT2D eigenvalue weighted by Crippen LogP contribution is 2.65. The molecule has 3 aliphatic carbocycles. The van der Waals surface area contributed by atoms with Crippen LogP contribution in [0.3, 0.4) is 0 Å². The number of phenolic OH excluding ortho intramolecular Hbond substituents is 10. The molecule has 0 amide bonds. The number of aliphatic hydroxyl groups is 3. The third kappa shape index (κ3) is 6.02. The monoisotopic (exact) mass is 912 g/mol. The average Bonchev–Trinajstić information content (AvgIpc) is 3.64. The number of carbonyl (C=O) groups is 5. The zero-order valence-electron chi connectivity index (χ0n) is 33.1. The summed E-state index contributed by atoms with van der Waals surface area (Å²) >= 11 is 0. The van der Waals surface area contributed by atoms with Gasteiger partial charge in [0.15, 0.2) is 69.6 Å². The number of ether oxygens (including phenoxy) is 4. The Morgan fingerprint density at radius 1 is 0.606 bits per heavy atom. The van der Waals surface area contributed by atoms with Crippen molar-refractivity contribution in [2.24, 2.45) is 11.3 Å². The van der Waals surface area contributed by atoms with Crippen LogP contribution in [-0.2, 0) is 36.7 Å². The van der Waals surface area contributed by atoms with Crippen LogP contribution >= 0.6 is 0 Å². The molecule has 4 aromatic carbocycles. The zero-order chi connectivity index (χ0) is 47.6. The number of esters is 2. The smallest absolute Gasteiger partial charge is 0.338 e. The topological polar surface area (TPSA) is 385 Å². The normalized spacial score (nSPS) is 26.2. The summed E-state index contributed by atoms with van der Waals surface area (Å²) in [6.45, 7) is 0. The van der Waals surface area contributed by atoms with E-state index in [1.165, 1.54) is 0 Å². The van der Waals surface area contributed by atoms with E-state index >= 15 is 0 Å². The van der Waals surface area contributed by atoms with Gasteiger partial charge in [0.1, 0.15) is 46.7 Å². The first-order chi connectivity index (χ1) is 31.1. The lowest BCUT2D eigenvalue weighted by molar-refractivity contribution is -0.147. The molecule has 4 aromatic rings. The van der Waals surface area contributed by atoms with Gasteiger partial charge < -0.3 is 85.3 Å². The maximum Gasteiger partial charge on any atom is 0.338 e. The molecule has 7 atom stereocenters. The quantitative estimate of drug-likeness (QED) is 0.0744. The second-order valence-electron chi connectivity index (χ2n) is 16.0. The zero-order valence-corrected chi connectivity index (χ0v) is 33.1. The number of aliphatic hydroxyl groups excluding tert-OH is 2. The molecule has 9 rings (SSSR count). The lowest BCUT2D eigenvalue weighted by Crippen LogP contribution is -2.58. The Kier molecular flexibility index (Phi) is 9.25. The molecule has 7 unspecified atom stereocenters. The Morgan fingerprint density at radius 3 is 1.59 bits per heavy atom. The Labute approximate surface area is 366 Å². The molecule has 0 radical (unpaired) electrons. The standard InChI is InChI=1S/C44H32O22/c45-15-5-20(47)17-9-29(65-41(60)13-1-22(49)33(55)23(50)2-13)37(63-27(17)7-15)19-11-31(54)44(62)38(19)43(12-26(53)35(57)36(58)32(43)39(44)59)40-30(10-18-21(48)6-16(46)8-28(18)64-40)66-42(61)14-3-24(51)34(56)25(52)4-14/h1-8,11-12,29-30,37-38,40,45-53,55-56,58,62H,9-10H2. The molecule has 22 heteroatoms. The number of aromatic hydroxyl groups is 10. The van der Waals surface area contributed by atoms with Crippen LogP contribution in [0.25, 0.3) is 0 Å². The fourth-order valence-electron chi connectivity index (χ4n) is 9.40. The second kappa shape index (κ2) is 14.4. The van der Waals surface area contributed by atoms with E-state index in [0.29, 0.717) is 36.4 Å². The van der Waals surface area contributed by atoms with Crippen molar-refractivity contribution in [3.05, 3.63) is 106 Å². The van der Waals surface area contributed by atoms with E-state index in [-0.39, 0.29) is 16.9 Å². The molecule has 66 heavy (non-hydrogen) atoms. The van der Waals surface area contributed by atoms with Crippen LogP contribution in [0.4, 0.5) is 0 Å². The first-order valence-corrected chi connectivity index (χ1v) is 19.3. The molecule has 13 N–H and O–H groups in total. The number of phenols is 10. The van der Waals surface area contributed by atoms with Gasteiger partial charge in [-0.05, 0) is 42.0 Å². The molecule has 0 aromatic heterocycles. The Morgan fingerprint density at radius 2 is 1.08 bits per heavy atom. The Balaban J connectivity index is 1.25. The van der Waals surface area contributed by atoms with E-state index in [1.54, 1.807) is 0 Å². The van der Waals surface area contributed by atoms with Gasteiger partial charge in [0.05, 0.1) is 22.1 Å². The highest BCUT2D eigenvalue weighted by molar-refractivity contribution is 6.29. The maximum absolute atomic E-state index is 14.8. The van der Waals surface area contributed by atoms with Crippen molar-refractivity contribution < 1.29 is 109 Å². The van der Waals surface area contributed by atoms with Crippen molar-refractivity contribution in [1.29, 1.82) is 0 Å². The highest BCUT2D eigenvalue weighted by Gasteiger charge is 2.77. The molecule has 1 saturated carbocycles. The fourth-order valence-corrected chi connectivity index (χ4v) is 9.40. The van der Waals surface area contributed by atoms with Crippen molar-refractivity contribution in [2.45, 2.75) is 42.9 Å². The third-order valence-corrected chi connectivity index (χ3v) is 12.2. The molecular weight excluding hydrogens is 880 g/mol. The van der Waals surface area contributed by atoms with E-state index in [9.17, 15) is 90.4 Å². The van der Waals surface area contributed by atoms with Gasteiger partial charge in [0.25, 0.3) is 5.78 Å². The molecule has 1 fully saturated rings. The second-order valence-corrected chi connectivity index (χ2v) is 16.0. The number of hydrogen-bond donors (Lipinski definition) is 13. The van der Waals surface area contributed by atoms with Crippen LogP contribution in [0.2, 0.25) is 0 Å². The number of ketones is 3. The summed E-state index contributed by atoms with van der Waals surface area (Å²) in [5.41, 5.74) is -9.27. The number of hydrogen-bond acceptors (Lipinski definition) is 22. The van der Waals surface area contributed by atoms with Crippen LogP contribution in [0.5, 0.6) is 69.0 Å². The summed E-state index contributed by atoms with van der Waals surface area (Å²) < 4.78 is 24.1. The molecule has 0 bridgehead atoms. The molecule has 22 nitrogen and oxygen atoms in total. The number of carbonyl (C=O) groups excluding carboxylic acids is 5. The first kappa shape index (κ1) is 42.5. The van der Waals surface area contributed by atoms with E-state index in [2.05, 4.69) is 0 Å². The van der Waals surface area contributed by atoms with Gasteiger partial charge >= 0.3 is 11.9 Å². The van der Waals surface area contributed by atoms with Gasteiger partial charge in [-0.3, -0.25) is 14.4 Å². The third-order valence-electron chi connectivity index (χ3n) is 12.2. The molecule has 5 aliphatic rings. The molecule has 2 heterocycles. The first-order valence-electron chi connectivity index (χ1n) is 19.3. The van der Waals surface area contributed by atoms with E-state index in [1.807, 2.05) is 0 Å². The average molecular weight is 913 g/mol. The minimum atomic E-state index is -3.39. The number of benzene rings is 4. The van der Waals surface area contributed by atoms with Crippen molar-refractivity contribution in [3.63, 3.8) is 0 Å². The summed E-state index contributed by atoms with van der Waals surface area (Å²) in [7, 11) is 0. The van der Waals surface area contributed by atoms with E-state index in [4.69, 9.17) is 18.9 Å². The summed E-state index contributed by atoms with van der Waals surface area (Å²) in [5.74, 6) is -21.6. The molecular formula is C44H32O22. The molecule has 0 saturated heterocycles. The lowest BCUT2D eigenvalue weighted by Gasteiger charge is -2.48. The minimum Gasteiger partial charge on any atom is -0.508 e. The van der Waals surface area contributed by atoms with Crippen LogP contribution in [-0.4, -0.2) is 126 Å². The summed E-state index contributed by atoms with van der Waals surface area (Å²) in [6, 6.07) is 6.54.